The zero-order valence-corrected chi connectivity index (χ0v) is 31.1. The van der Waals surface area contributed by atoms with Crippen molar-refractivity contribution in [1.82, 2.24) is 0 Å². The van der Waals surface area contributed by atoms with E-state index in [1.165, 1.54) is 13.0 Å². The fourth-order valence-corrected chi connectivity index (χ4v) is 12.3. The second-order valence-corrected chi connectivity index (χ2v) is 17.8. The van der Waals surface area contributed by atoms with Crippen LogP contribution >= 0.6 is 0 Å². The molecule has 5 aliphatic rings. The number of aliphatic hydroxyl groups excluding tert-OH is 4. The number of carboxylic acids is 1. The van der Waals surface area contributed by atoms with Crippen molar-refractivity contribution in [3.8, 4) is 0 Å². The minimum absolute atomic E-state index is 0.0389. The van der Waals surface area contributed by atoms with Gasteiger partial charge in [0.25, 0.3) is 0 Å². The number of aliphatic hydroxyl groups is 4. The van der Waals surface area contributed by atoms with Crippen molar-refractivity contribution in [2.75, 3.05) is 0 Å². The molecule has 278 valence electrons. The molecule has 3 saturated carbocycles. The molecular weight excluding hydrogens is 644 g/mol. The lowest BCUT2D eigenvalue weighted by molar-refractivity contribution is -0.157. The van der Waals surface area contributed by atoms with E-state index in [-0.39, 0.29) is 47.7 Å². The highest BCUT2D eigenvalue weighted by Gasteiger charge is 2.74. The van der Waals surface area contributed by atoms with Crippen LogP contribution in [0.4, 0.5) is 0 Å². The fraction of sp³-hybridized carbons (Fsp3) is 0.651. The molecule has 12 atom stereocenters. The van der Waals surface area contributed by atoms with E-state index in [1.54, 1.807) is 0 Å². The Hall–Kier alpha value is -2.91. The highest BCUT2D eigenvalue weighted by atomic mass is 16.4. The van der Waals surface area contributed by atoms with Gasteiger partial charge in [-0.1, -0.05) is 96.4 Å². The number of rotatable bonds is 8. The van der Waals surface area contributed by atoms with Gasteiger partial charge in [0.2, 0.25) is 0 Å². The molecule has 8 heteroatoms. The van der Waals surface area contributed by atoms with Gasteiger partial charge in [0.1, 0.15) is 5.78 Å². The molecule has 8 nitrogen and oxygen atoms in total. The zero-order valence-electron chi connectivity index (χ0n) is 31.1. The number of allylic oxidation sites excluding steroid dienone is 1. The van der Waals surface area contributed by atoms with Crippen LogP contribution in [0.1, 0.15) is 105 Å². The highest BCUT2D eigenvalue weighted by Crippen LogP contribution is 2.74. The monoisotopic (exact) mass is 702 g/mol. The average molecular weight is 703 g/mol. The van der Waals surface area contributed by atoms with E-state index in [4.69, 9.17) is 0 Å². The second-order valence-electron chi connectivity index (χ2n) is 17.8. The van der Waals surface area contributed by atoms with Crippen molar-refractivity contribution in [2.45, 2.75) is 124 Å². The first-order chi connectivity index (χ1) is 23.9. The predicted molar refractivity (Wildman–Crippen MR) is 195 cm³/mol. The van der Waals surface area contributed by atoms with Gasteiger partial charge in [-0.25, -0.2) is 4.79 Å². The standard InChI is InChI=1S/C43H58O8/c1-24(44)20-27(39(50)51)22-28(45)21-26-14-10-11-15-30-37(49)34-35(43(6)33(47)23-31(26)42(30,43)5)36(48)29(17-16-25-12-8-7-9-13-25)38-40(2,3)32(46)18-19-41(34,38)4/h7-9,12-13,16-17,22,24,26,28-31,33,36,38,44-45,47-48H,10-11,14-15,18-21,23H2,1-6H3,(H,50,51)/b17-16+,27-22+/t24-,26+,28-,29+,30+,31+,33-,36+,38+,41+,42+,43-/m0/s1. The Morgan fingerprint density at radius 2 is 1.67 bits per heavy atom. The molecule has 0 saturated heterocycles. The van der Waals surface area contributed by atoms with Crippen molar-refractivity contribution in [3.63, 3.8) is 0 Å². The Morgan fingerprint density at radius 1 is 1.00 bits per heavy atom. The number of benzene rings is 1. The number of aliphatic carboxylic acids is 1. The molecule has 6 rings (SSSR count). The maximum absolute atomic E-state index is 15.4. The molecular formula is C43H58O8. The Kier molecular flexibility index (Phi) is 10.0. The number of carbonyl (C=O) groups is 3. The van der Waals surface area contributed by atoms with Gasteiger partial charge in [0.15, 0.2) is 5.78 Å². The molecule has 5 aliphatic carbocycles. The molecule has 1 aromatic carbocycles. The third kappa shape index (κ3) is 5.84. The summed E-state index contributed by atoms with van der Waals surface area (Å²) in [5.74, 6) is -2.51. The second kappa shape index (κ2) is 13.5. The van der Waals surface area contributed by atoms with Crippen molar-refractivity contribution in [3.05, 3.63) is 64.8 Å². The van der Waals surface area contributed by atoms with Gasteiger partial charge < -0.3 is 25.5 Å². The van der Waals surface area contributed by atoms with Crippen molar-refractivity contribution >= 4 is 23.6 Å². The number of hydrogen-bond acceptors (Lipinski definition) is 7. The van der Waals surface area contributed by atoms with Crippen LogP contribution in [0.5, 0.6) is 0 Å². The molecule has 1 aromatic rings. The number of carbonyl (C=O) groups excluding carboxylic acids is 2. The van der Waals surface area contributed by atoms with Crippen LogP contribution in [0.25, 0.3) is 6.08 Å². The van der Waals surface area contributed by atoms with Gasteiger partial charge in [0.05, 0.1) is 24.4 Å². The lowest BCUT2D eigenvalue weighted by Gasteiger charge is -2.65. The molecule has 0 bridgehead atoms. The lowest BCUT2D eigenvalue weighted by Crippen LogP contribution is -2.65. The largest absolute Gasteiger partial charge is 0.478 e. The van der Waals surface area contributed by atoms with Gasteiger partial charge in [0, 0.05) is 52.1 Å². The topological polar surface area (TPSA) is 152 Å². The first kappa shape index (κ1) is 37.8. The number of fused-ring (bicyclic) bond motifs is 3. The van der Waals surface area contributed by atoms with Crippen LogP contribution in [0.15, 0.2) is 59.2 Å². The lowest BCUT2D eigenvalue weighted by atomic mass is 9.38. The number of carboxylic acid groups (broad SMARTS) is 1. The van der Waals surface area contributed by atoms with Crippen molar-refractivity contribution in [1.29, 1.82) is 0 Å². The minimum atomic E-state index is -1.18. The number of Topliss-reactive ketones (excluding diaryl/α,β-unsaturated/α-hetero) is 2. The molecule has 0 heterocycles. The van der Waals surface area contributed by atoms with E-state index in [2.05, 4.69) is 20.8 Å². The van der Waals surface area contributed by atoms with Gasteiger partial charge >= 0.3 is 5.97 Å². The van der Waals surface area contributed by atoms with E-state index in [1.807, 2.05) is 56.3 Å². The first-order valence-electron chi connectivity index (χ1n) is 19.1. The van der Waals surface area contributed by atoms with Crippen molar-refractivity contribution < 1.29 is 39.9 Å². The molecule has 0 unspecified atom stereocenters. The summed E-state index contributed by atoms with van der Waals surface area (Å²) in [6.07, 6.45) is 5.98. The van der Waals surface area contributed by atoms with Crippen LogP contribution in [0, 0.1) is 51.2 Å². The van der Waals surface area contributed by atoms with Gasteiger partial charge in [-0.3, -0.25) is 9.59 Å². The maximum atomic E-state index is 15.4. The third-order valence-corrected chi connectivity index (χ3v) is 14.7. The summed E-state index contributed by atoms with van der Waals surface area (Å²) in [6, 6.07) is 9.86. The SMILES string of the molecule is C[C@H](O)C/C(=C\[C@@H](O)C[C@H]1CCCC[C@@H]2C(=O)C3=C([C@H](O)[C@@H](/C=C/c4ccccc4)[C@@H]4C(C)(C)C(=O)CC[C@]34C)[C@]3(C)[C@@H](O)C[C@H]1[C@@]23C)C(=O)O. The Bertz CT molecular complexity index is 1640. The number of ketones is 2. The fourth-order valence-electron chi connectivity index (χ4n) is 12.3. The van der Waals surface area contributed by atoms with Crippen LogP contribution in [-0.4, -0.2) is 67.5 Å². The first-order valence-corrected chi connectivity index (χ1v) is 19.1. The molecule has 3 fully saturated rings. The molecule has 0 aliphatic heterocycles. The average Bonchev–Trinajstić information content (AvgIpc) is 3.26. The summed E-state index contributed by atoms with van der Waals surface area (Å²) < 4.78 is 0. The molecule has 0 aromatic heterocycles. The molecule has 0 radical (unpaired) electrons. The van der Waals surface area contributed by atoms with Gasteiger partial charge in [-0.05, 0) is 73.0 Å². The summed E-state index contributed by atoms with van der Waals surface area (Å²) in [4.78, 5) is 41.0. The molecule has 0 amide bonds. The Labute approximate surface area is 302 Å². The van der Waals surface area contributed by atoms with E-state index in [0.29, 0.717) is 36.8 Å². The summed E-state index contributed by atoms with van der Waals surface area (Å²) in [6.45, 7) is 11.8. The predicted octanol–water partition coefficient (Wildman–Crippen LogP) is 6.31. The highest BCUT2D eigenvalue weighted by molar-refractivity contribution is 6.03. The summed E-state index contributed by atoms with van der Waals surface area (Å²) in [5, 5.41) is 56.1. The Balaban J connectivity index is 1.49. The van der Waals surface area contributed by atoms with E-state index >= 15 is 4.79 Å². The van der Waals surface area contributed by atoms with Crippen LogP contribution in [0.2, 0.25) is 0 Å². The van der Waals surface area contributed by atoms with Gasteiger partial charge in [-0.2, -0.15) is 0 Å². The van der Waals surface area contributed by atoms with Crippen LogP contribution < -0.4 is 0 Å². The summed E-state index contributed by atoms with van der Waals surface area (Å²) in [5.41, 5.74) is -0.992. The minimum Gasteiger partial charge on any atom is -0.478 e. The molecule has 0 spiro atoms. The zero-order chi connectivity index (χ0) is 37.3. The Morgan fingerprint density at radius 3 is 2.31 bits per heavy atom. The van der Waals surface area contributed by atoms with Crippen LogP contribution in [0.3, 0.4) is 0 Å². The summed E-state index contributed by atoms with van der Waals surface area (Å²) >= 11 is 0. The van der Waals surface area contributed by atoms with E-state index in [0.717, 1.165) is 24.8 Å². The normalized spacial score (nSPS) is 40.6. The van der Waals surface area contributed by atoms with Crippen LogP contribution in [-0.2, 0) is 14.4 Å². The third-order valence-electron chi connectivity index (χ3n) is 14.7. The maximum Gasteiger partial charge on any atom is 0.331 e. The van der Waals surface area contributed by atoms with Crippen molar-refractivity contribution in [2.24, 2.45) is 51.2 Å². The molecule has 51 heavy (non-hydrogen) atoms. The number of hydrogen-bond donors (Lipinski definition) is 5. The van der Waals surface area contributed by atoms with Gasteiger partial charge in [-0.15, -0.1) is 0 Å². The quantitative estimate of drug-likeness (QED) is 0.198. The molecule has 5 N–H and O–H groups in total. The summed E-state index contributed by atoms with van der Waals surface area (Å²) in [7, 11) is 0. The van der Waals surface area contributed by atoms with E-state index in [9.17, 15) is 35.1 Å². The smallest absolute Gasteiger partial charge is 0.331 e. The van der Waals surface area contributed by atoms with E-state index < -0.39 is 63.9 Å².